The molecule has 92 valence electrons. The van der Waals surface area contributed by atoms with Crippen LogP contribution < -0.4 is 5.32 Å². The number of hydrogen-bond acceptors (Lipinski definition) is 3. The predicted octanol–water partition coefficient (Wildman–Crippen LogP) is 1.34. The maximum Gasteiger partial charge on any atom is 0.303 e. The Morgan fingerprint density at radius 3 is 2.94 bits per heavy atom. The number of carboxylic acid groups (broad SMARTS) is 1. The predicted molar refractivity (Wildman–Crippen MR) is 59.4 cm³/mol. The first-order chi connectivity index (χ1) is 8.10. The largest absolute Gasteiger partial charge is 0.481 e. The summed E-state index contributed by atoms with van der Waals surface area (Å²) < 4.78 is 5.26. The Labute approximate surface area is 98.8 Å². The van der Waals surface area contributed by atoms with Crippen LogP contribution in [0.3, 0.4) is 0 Å². The smallest absolute Gasteiger partial charge is 0.303 e. The lowest BCUT2D eigenvalue weighted by Crippen LogP contribution is -2.43. The molecule has 0 saturated carbocycles. The first-order valence-corrected chi connectivity index (χ1v) is 5.65. The Morgan fingerprint density at radius 1 is 1.59 bits per heavy atom. The lowest BCUT2D eigenvalue weighted by atomic mass is 9.87. The molecule has 0 bridgehead atoms. The number of nitrogens with one attached hydrogen (secondary N) is 1. The molecule has 1 atom stereocenters. The first kappa shape index (κ1) is 11.7. The molecule has 1 aliphatic heterocycles. The third-order valence-electron chi connectivity index (χ3n) is 3.15. The zero-order chi connectivity index (χ0) is 12.3. The van der Waals surface area contributed by atoms with Crippen molar-refractivity contribution in [2.45, 2.75) is 37.6 Å². The van der Waals surface area contributed by atoms with Gasteiger partial charge in [0.1, 0.15) is 5.76 Å². The van der Waals surface area contributed by atoms with Gasteiger partial charge in [-0.1, -0.05) is 0 Å². The highest BCUT2D eigenvalue weighted by molar-refractivity contribution is 5.79. The number of carbonyl (C=O) groups excluding carboxylic acids is 1. The normalized spacial score (nSPS) is 23.6. The third-order valence-corrected chi connectivity index (χ3v) is 3.15. The van der Waals surface area contributed by atoms with Crippen LogP contribution >= 0.6 is 0 Å². The third kappa shape index (κ3) is 2.87. The molecule has 17 heavy (non-hydrogen) atoms. The van der Waals surface area contributed by atoms with Crippen LogP contribution in [0.2, 0.25) is 0 Å². The van der Waals surface area contributed by atoms with Gasteiger partial charge in [-0.05, 0) is 25.0 Å². The van der Waals surface area contributed by atoms with Gasteiger partial charge in [0, 0.05) is 24.8 Å². The van der Waals surface area contributed by atoms with E-state index in [0.29, 0.717) is 25.7 Å². The van der Waals surface area contributed by atoms with Crippen LogP contribution in [0.25, 0.3) is 0 Å². The minimum absolute atomic E-state index is 0.0121. The molecule has 5 heteroatoms. The van der Waals surface area contributed by atoms with E-state index in [2.05, 4.69) is 5.32 Å². The molecule has 0 spiro atoms. The summed E-state index contributed by atoms with van der Waals surface area (Å²) in [4.78, 5) is 22.0. The summed E-state index contributed by atoms with van der Waals surface area (Å²) in [5.41, 5.74) is -0.451. The van der Waals surface area contributed by atoms with Crippen molar-refractivity contribution in [3.8, 4) is 0 Å². The second kappa shape index (κ2) is 4.61. The van der Waals surface area contributed by atoms with Gasteiger partial charge in [0.25, 0.3) is 0 Å². The van der Waals surface area contributed by atoms with Crippen molar-refractivity contribution in [2.75, 3.05) is 0 Å². The maximum atomic E-state index is 11.3. The van der Waals surface area contributed by atoms with Crippen LogP contribution in [0.4, 0.5) is 0 Å². The molecular formula is C12H15NO4. The second-order valence-electron chi connectivity index (χ2n) is 4.48. The molecule has 1 aliphatic rings. The minimum Gasteiger partial charge on any atom is -0.481 e. The molecule has 0 unspecified atom stereocenters. The fourth-order valence-electron chi connectivity index (χ4n) is 2.27. The number of carboxylic acids is 1. The maximum absolute atomic E-state index is 11.3. The number of aliphatic carboxylic acids is 1. The lowest BCUT2D eigenvalue weighted by molar-refractivity contribution is -0.137. The summed E-state index contributed by atoms with van der Waals surface area (Å²) >= 11 is 0. The van der Waals surface area contributed by atoms with E-state index in [1.165, 1.54) is 0 Å². The fraction of sp³-hybridized carbons (Fsp3) is 0.500. The van der Waals surface area contributed by atoms with E-state index < -0.39 is 11.5 Å². The number of carbonyl (C=O) groups is 2. The van der Waals surface area contributed by atoms with Gasteiger partial charge in [-0.25, -0.2) is 0 Å². The average molecular weight is 237 g/mol. The quantitative estimate of drug-likeness (QED) is 0.809. The highest BCUT2D eigenvalue weighted by Crippen LogP contribution is 2.29. The van der Waals surface area contributed by atoms with E-state index in [9.17, 15) is 9.59 Å². The molecule has 1 saturated heterocycles. The van der Waals surface area contributed by atoms with Gasteiger partial charge in [0.05, 0.1) is 6.26 Å². The van der Waals surface area contributed by atoms with Crippen molar-refractivity contribution in [1.82, 2.24) is 5.32 Å². The van der Waals surface area contributed by atoms with Crippen molar-refractivity contribution in [3.05, 3.63) is 24.2 Å². The summed E-state index contributed by atoms with van der Waals surface area (Å²) in [5, 5.41) is 11.6. The number of rotatable bonds is 5. The molecule has 1 amide bonds. The Bertz CT molecular complexity index is 412. The molecule has 2 rings (SSSR count). The van der Waals surface area contributed by atoms with Gasteiger partial charge in [-0.15, -0.1) is 0 Å². The van der Waals surface area contributed by atoms with E-state index in [1.54, 1.807) is 12.3 Å². The zero-order valence-electron chi connectivity index (χ0n) is 9.44. The first-order valence-electron chi connectivity index (χ1n) is 5.65. The average Bonchev–Trinajstić information content (AvgIpc) is 2.87. The van der Waals surface area contributed by atoms with E-state index in [0.717, 1.165) is 5.76 Å². The number of furan rings is 1. The molecule has 2 heterocycles. The van der Waals surface area contributed by atoms with Crippen molar-refractivity contribution in [1.29, 1.82) is 0 Å². The topological polar surface area (TPSA) is 79.5 Å². The summed E-state index contributed by atoms with van der Waals surface area (Å²) in [5.74, 6) is -0.0792. The van der Waals surface area contributed by atoms with Crippen LogP contribution in [0.1, 0.15) is 31.4 Å². The van der Waals surface area contributed by atoms with Gasteiger partial charge < -0.3 is 14.8 Å². The van der Waals surface area contributed by atoms with E-state index >= 15 is 0 Å². The molecule has 0 aliphatic carbocycles. The fourth-order valence-corrected chi connectivity index (χ4v) is 2.27. The highest BCUT2D eigenvalue weighted by atomic mass is 16.4. The standard InChI is InChI=1S/C12H15NO4/c14-10-3-5-12(13-10,6-4-11(15)16)8-9-2-1-7-17-9/h1-2,7H,3-6,8H2,(H,13,14)(H,15,16)/t12-/m0/s1. The zero-order valence-corrected chi connectivity index (χ0v) is 9.44. The molecular weight excluding hydrogens is 222 g/mol. The number of amides is 1. The minimum atomic E-state index is -0.843. The van der Waals surface area contributed by atoms with Gasteiger partial charge in [0.15, 0.2) is 0 Å². The van der Waals surface area contributed by atoms with Crippen LogP contribution in [0.15, 0.2) is 22.8 Å². The Kier molecular flexibility index (Phi) is 3.17. The van der Waals surface area contributed by atoms with Crippen LogP contribution in [-0.2, 0) is 16.0 Å². The van der Waals surface area contributed by atoms with E-state index in [1.807, 2.05) is 6.07 Å². The highest BCUT2D eigenvalue weighted by Gasteiger charge is 2.38. The Morgan fingerprint density at radius 2 is 2.41 bits per heavy atom. The van der Waals surface area contributed by atoms with E-state index in [4.69, 9.17) is 9.52 Å². The van der Waals surface area contributed by atoms with Crippen molar-refractivity contribution >= 4 is 11.9 Å². The summed E-state index contributed by atoms with van der Waals surface area (Å²) in [6.07, 6.45) is 3.76. The molecule has 5 nitrogen and oxygen atoms in total. The van der Waals surface area contributed by atoms with Crippen molar-refractivity contribution < 1.29 is 19.1 Å². The van der Waals surface area contributed by atoms with Crippen molar-refractivity contribution in [2.24, 2.45) is 0 Å². The Balaban J connectivity index is 2.07. The SMILES string of the molecule is O=C(O)CC[C@]1(Cc2ccco2)CCC(=O)N1. The molecule has 0 radical (unpaired) electrons. The lowest BCUT2D eigenvalue weighted by Gasteiger charge is -2.27. The molecule has 1 fully saturated rings. The van der Waals surface area contributed by atoms with Gasteiger partial charge in [0.2, 0.25) is 5.91 Å². The number of hydrogen-bond donors (Lipinski definition) is 2. The van der Waals surface area contributed by atoms with Crippen LogP contribution in [-0.4, -0.2) is 22.5 Å². The molecule has 0 aromatic carbocycles. The van der Waals surface area contributed by atoms with E-state index in [-0.39, 0.29) is 12.3 Å². The second-order valence-corrected chi connectivity index (χ2v) is 4.48. The monoisotopic (exact) mass is 237 g/mol. The molecule has 1 aromatic heterocycles. The van der Waals surface area contributed by atoms with Crippen molar-refractivity contribution in [3.63, 3.8) is 0 Å². The molecule has 1 aromatic rings. The van der Waals surface area contributed by atoms with Gasteiger partial charge in [-0.3, -0.25) is 9.59 Å². The summed E-state index contributed by atoms with van der Waals surface area (Å²) in [6.45, 7) is 0. The summed E-state index contributed by atoms with van der Waals surface area (Å²) in [7, 11) is 0. The Hall–Kier alpha value is -1.78. The van der Waals surface area contributed by atoms with Crippen LogP contribution in [0, 0.1) is 0 Å². The van der Waals surface area contributed by atoms with Crippen LogP contribution in [0.5, 0.6) is 0 Å². The molecule has 2 N–H and O–H groups in total. The summed E-state index contributed by atoms with van der Waals surface area (Å²) in [6, 6.07) is 3.63. The van der Waals surface area contributed by atoms with Gasteiger partial charge >= 0.3 is 5.97 Å². The van der Waals surface area contributed by atoms with Gasteiger partial charge in [-0.2, -0.15) is 0 Å².